The lowest BCUT2D eigenvalue weighted by atomic mass is 10.1. The monoisotopic (exact) mass is 227 g/mol. The third kappa shape index (κ3) is 1.49. The third-order valence-corrected chi connectivity index (χ3v) is 3.96. The van der Waals surface area contributed by atoms with E-state index in [2.05, 4.69) is 34.1 Å². The highest BCUT2D eigenvalue weighted by molar-refractivity contribution is 5.76. The summed E-state index contributed by atoms with van der Waals surface area (Å²) in [6.07, 6.45) is 3.89. The predicted octanol–water partition coefficient (Wildman–Crippen LogP) is 2.45. The lowest BCUT2D eigenvalue weighted by Gasteiger charge is -2.12. The number of aromatic nitrogens is 2. The molecule has 1 N–H and O–H groups in total. The number of rotatable bonds is 2. The van der Waals surface area contributed by atoms with E-state index in [4.69, 9.17) is 4.98 Å². The van der Waals surface area contributed by atoms with Crippen molar-refractivity contribution in [3.8, 4) is 0 Å². The Hall–Kier alpha value is -1.35. The zero-order chi connectivity index (χ0) is 11.2. The number of hydrogen-bond acceptors (Lipinski definition) is 2. The van der Waals surface area contributed by atoms with Crippen LogP contribution in [0.1, 0.15) is 37.0 Å². The van der Waals surface area contributed by atoms with Gasteiger partial charge in [-0.15, -0.1) is 0 Å². The molecule has 1 saturated carbocycles. The number of fused-ring (bicyclic) bond motifs is 1. The molecule has 88 valence electrons. The molecule has 1 aliphatic heterocycles. The number of hydrogen-bond donors (Lipinski definition) is 1. The van der Waals surface area contributed by atoms with Gasteiger partial charge in [-0.25, -0.2) is 4.98 Å². The van der Waals surface area contributed by atoms with Crippen LogP contribution >= 0.6 is 0 Å². The smallest absolute Gasteiger partial charge is 0.114 e. The summed E-state index contributed by atoms with van der Waals surface area (Å²) in [4.78, 5) is 4.88. The Labute approximate surface area is 101 Å². The molecular formula is C14H17N3. The third-order valence-electron chi connectivity index (χ3n) is 3.96. The molecule has 1 unspecified atom stereocenters. The van der Waals surface area contributed by atoms with E-state index in [9.17, 15) is 0 Å². The van der Waals surface area contributed by atoms with Crippen LogP contribution in [0.15, 0.2) is 24.3 Å². The van der Waals surface area contributed by atoms with Crippen molar-refractivity contribution in [1.82, 2.24) is 14.9 Å². The van der Waals surface area contributed by atoms with Crippen LogP contribution in [0.25, 0.3) is 11.0 Å². The molecule has 1 aromatic carbocycles. The standard InChI is InChI=1S/C14H17N3/c1-2-4-13-12(3-1)16-14(10-7-8-15-9-10)17(13)11-5-6-11/h1-4,10-11,15H,5-9H2. The Bertz CT molecular complexity index is 548. The van der Waals surface area contributed by atoms with Gasteiger partial charge in [0, 0.05) is 18.5 Å². The zero-order valence-electron chi connectivity index (χ0n) is 9.89. The molecule has 2 aromatic rings. The molecule has 0 spiro atoms. The maximum atomic E-state index is 4.88. The molecule has 17 heavy (non-hydrogen) atoms. The Kier molecular flexibility index (Phi) is 2.03. The maximum Gasteiger partial charge on any atom is 0.114 e. The molecule has 0 amide bonds. The highest BCUT2D eigenvalue weighted by Crippen LogP contribution is 2.40. The molecule has 3 heteroatoms. The van der Waals surface area contributed by atoms with Crippen molar-refractivity contribution in [3.63, 3.8) is 0 Å². The van der Waals surface area contributed by atoms with Gasteiger partial charge in [0.2, 0.25) is 0 Å². The number of nitrogens with zero attached hydrogens (tertiary/aromatic N) is 2. The lowest BCUT2D eigenvalue weighted by molar-refractivity contribution is 0.622. The molecule has 1 aromatic heterocycles. The van der Waals surface area contributed by atoms with Crippen LogP contribution < -0.4 is 5.32 Å². The molecule has 2 aliphatic rings. The number of nitrogens with one attached hydrogen (secondary N) is 1. The SMILES string of the molecule is c1ccc2c(c1)nc(C1CCNC1)n2C1CC1. The Balaban J connectivity index is 1.91. The van der Waals surface area contributed by atoms with Gasteiger partial charge in [-0.05, 0) is 37.9 Å². The average Bonchev–Trinajstić information content (AvgIpc) is 2.94. The van der Waals surface area contributed by atoms with E-state index in [1.54, 1.807) is 0 Å². The largest absolute Gasteiger partial charge is 0.325 e. The quantitative estimate of drug-likeness (QED) is 0.854. The van der Waals surface area contributed by atoms with Crippen molar-refractivity contribution in [3.05, 3.63) is 30.1 Å². The molecule has 2 heterocycles. The maximum absolute atomic E-state index is 4.88. The molecular weight excluding hydrogens is 210 g/mol. The fourth-order valence-electron chi connectivity index (χ4n) is 2.94. The molecule has 3 nitrogen and oxygen atoms in total. The van der Waals surface area contributed by atoms with E-state index < -0.39 is 0 Å². The van der Waals surface area contributed by atoms with E-state index in [1.165, 1.54) is 36.1 Å². The van der Waals surface area contributed by atoms with Gasteiger partial charge in [0.05, 0.1) is 11.0 Å². The summed E-state index contributed by atoms with van der Waals surface area (Å²) in [5.74, 6) is 1.93. The predicted molar refractivity (Wildman–Crippen MR) is 68.2 cm³/mol. The van der Waals surface area contributed by atoms with Crippen LogP contribution in [0.2, 0.25) is 0 Å². The van der Waals surface area contributed by atoms with Crippen molar-refractivity contribution in [2.75, 3.05) is 13.1 Å². The summed E-state index contributed by atoms with van der Waals surface area (Å²) >= 11 is 0. The van der Waals surface area contributed by atoms with Gasteiger partial charge in [0.15, 0.2) is 0 Å². The van der Waals surface area contributed by atoms with Crippen molar-refractivity contribution >= 4 is 11.0 Å². The van der Waals surface area contributed by atoms with Crippen molar-refractivity contribution in [2.45, 2.75) is 31.2 Å². The van der Waals surface area contributed by atoms with Gasteiger partial charge >= 0.3 is 0 Å². The lowest BCUT2D eigenvalue weighted by Crippen LogP contribution is -2.12. The average molecular weight is 227 g/mol. The van der Waals surface area contributed by atoms with Crippen molar-refractivity contribution < 1.29 is 0 Å². The van der Waals surface area contributed by atoms with E-state index >= 15 is 0 Å². The molecule has 2 fully saturated rings. The van der Waals surface area contributed by atoms with E-state index in [0.717, 1.165) is 19.1 Å². The summed E-state index contributed by atoms with van der Waals surface area (Å²) < 4.78 is 2.51. The Morgan fingerprint density at radius 1 is 1.18 bits per heavy atom. The van der Waals surface area contributed by atoms with Gasteiger partial charge in [0.1, 0.15) is 5.82 Å². The first-order chi connectivity index (χ1) is 8.43. The van der Waals surface area contributed by atoms with Crippen LogP contribution in [-0.2, 0) is 0 Å². The van der Waals surface area contributed by atoms with Crippen LogP contribution in [0.4, 0.5) is 0 Å². The molecule has 1 saturated heterocycles. The summed E-state index contributed by atoms with van der Waals surface area (Å²) in [6, 6.07) is 9.29. The van der Waals surface area contributed by atoms with Crippen molar-refractivity contribution in [1.29, 1.82) is 0 Å². The summed E-state index contributed by atoms with van der Waals surface area (Å²) in [7, 11) is 0. The van der Waals surface area contributed by atoms with Gasteiger partial charge in [0.25, 0.3) is 0 Å². The minimum atomic E-state index is 0.614. The minimum absolute atomic E-state index is 0.614. The minimum Gasteiger partial charge on any atom is -0.325 e. The first-order valence-electron chi connectivity index (χ1n) is 6.61. The fourth-order valence-corrected chi connectivity index (χ4v) is 2.94. The highest BCUT2D eigenvalue weighted by Gasteiger charge is 2.31. The molecule has 4 rings (SSSR count). The number of imidazole rings is 1. The Morgan fingerprint density at radius 3 is 2.82 bits per heavy atom. The topological polar surface area (TPSA) is 29.9 Å². The molecule has 0 bridgehead atoms. The number of benzene rings is 1. The van der Waals surface area contributed by atoms with E-state index in [0.29, 0.717) is 5.92 Å². The normalized spacial score (nSPS) is 24.6. The van der Waals surface area contributed by atoms with Gasteiger partial charge < -0.3 is 9.88 Å². The first-order valence-corrected chi connectivity index (χ1v) is 6.61. The van der Waals surface area contributed by atoms with Crippen LogP contribution in [-0.4, -0.2) is 22.6 Å². The summed E-state index contributed by atoms with van der Waals surface area (Å²) in [5.41, 5.74) is 2.50. The van der Waals surface area contributed by atoms with Crippen molar-refractivity contribution in [2.24, 2.45) is 0 Å². The van der Waals surface area contributed by atoms with Gasteiger partial charge in [-0.3, -0.25) is 0 Å². The van der Waals surface area contributed by atoms with Crippen LogP contribution in [0, 0.1) is 0 Å². The van der Waals surface area contributed by atoms with Gasteiger partial charge in [-0.2, -0.15) is 0 Å². The molecule has 1 atom stereocenters. The Morgan fingerprint density at radius 2 is 2.06 bits per heavy atom. The summed E-state index contributed by atoms with van der Waals surface area (Å²) in [5, 5.41) is 3.45. The second-order valence-corrected chi connectivity index (χ2v) is 5.25. The second kappa shape index (κ2) is 3.57. The second-order valence-electron chi connectivity index (χ2n) is 5.25. The first kappa shape index (κ1) is 9.66. The highest BCUT2D eigenvalue weighted by atomic mass is 15.1. The van der Waals surface area contributed by atoms with E-state index in [1.807, 2.05) is 0 Å². The molecule has 0 radical (unpaired) electrons. The molecule has 1 aliphatic carbocycles. The number of para-hydroxylation sites is 2. The zero-order valence-corrected chi connectivity index (χ0v) is 9.89. The van der Waals surface area contributed by atoms with Crippen LogP contribution in [0.3, 0.4) is 0 Å². The van der Waals surface area contributed by atoms with E-state index in [-0.39, 0.29) is 0 Å². The fraction of sp³-hybridized carbons (Fsp3) is 0.500. The van der Waals surface area contributed by atoms with Gasteiger partial charge in [-0.1, -0.05) is 12.1 Å². The van der Waals surface area contributed by atoms with Crippen LogP contribution in [0.5, 0.6) is 0 Å². The summed E-state index contributed by atoms with van der Waals surface area (Å²) in [6.45, 7) is 2.23.